The topological polar surface area (TPSA) is 86.2 Å². The molecule has 25 heavy (non-hydrogen) atoms. The minimum Gasteiger partial charge on any atom is -0.379 e. The lowest BCUT2D eigenvalue weighted by atomic mass is 9.90. The second-order valence-electron chi connectivity index (χ2n) is 6.49. The lowest BCUT2D eigenvalue weighted by molar-refractivity contribution is 0.0982. The van der Waals surface area contributed by atoms with Gasteiger partial charge in [-0.3, -0.25) is 19.5 Å². The van der Waals surface area contributed by atoms with Gasteiger partial charge in [0.15, 0.2) is 11.0 Å². The Morgan fingerprint density at radius 3 is 2.92 bits per heavy atom. The third-order valence-electron chi connectivity index (χ3n) is 4.46. The maximum atomic E-state index is 12.7. The molecular weight excluding hydrogens is 334 g/mol. The summed E-state index contributed by atoms with van der Waals surface area (Å²) in [4.78, 5) is 21.6. The third-order valence-corrected chi connectivity index (χ3v) is 5.26. The monoisotopic (exact) mass is 357 g/mol. The van der Waals surface area contributed by atoms with Crippen molar-refractivity contribution in [2.24, 2.45) is 10.7 Å². The Morgan fingerprint density at radius 1 is 1.40 bits per heavy atom. The molecule has 1 aliphatic heterocycles. The number of amidine groups is 1. The van der Waals surface area contributed by atoms with Crippen molar-refractivity contribution in [1.29, 1.82) is 0 Å². The van der Waals surface area contributed by atoms with E-state index in [1.54, 1.807) is 22.6 Å². The number of pyridine rings is 1. The smallest absolute Gasteiger partial charge is 0.185 e. The predicted octanol–water partition coefficient (Wildman–Crippen LogP) is 2.70. The van der Waals surface area contributed by atoms with Crippen molar-refractivity contribution in [3.05, 3.63) is 47.0 Å². The highest BCUT2D eigenvalue weighted by molar-refractivity contribution is 8.13. The van der Waals surface area contributed by atoms with Gasteiger partial charge in [0.2, 0.25) is 0 Å². The Kier molecular flexibility index (Phi) is 4.94. The third kappa shape index (κ3) is 3.76. The molecule has 0 bridgehead atoms. The first kappa shape index (κ1) is 17.7. The van der Waals surface area contributed by atoms with Gasteiger partial charge in [-0.05, 0) is 50.5 Å². The molecule has 0 fully saturated rings. The zero-order chi connectivity index (χ0) is 18.0. The molecule has 0 saturated heterocycles. The number of carbonyl (C=O) groups excluding carboxylic acids is 1. The number of ketones is 1. The zero-order valence-electron chi connectivity index (χ0n) is 14.8. The molecule has 2 aromatic heterocycles. The van der Waals surface area contributed by atoms with Gasteiger partial charge in [0, 0.05) is 31.1 Å². The van der Waals surface area contributed by atoms with Crippen molar-refractivity contribution in [2.45, 2.75) is 45.7 Å². The van der Waals surface area contributed by atoms with Crippen LogP contribution in [0.15, 0.2) is 29.5 Å². The highest BCUT2D eigenvalue weighted by Crippen LogP contribution is 2.34. The van der Waals surface area contributed by atoms with Crippen molar-refractivity contribution in [3.63, 3.8) is 0 Å². The number of Topliss-reactive ketones (excluding diaryl/α,β-unsaturated/α-hetero) is 1. The first-order chi connectivity index (χ1) is 11.9. The molecule has 0 unspecified atom stereocenters. The molecule has 2 aromatic rings. The average molecular weight is 357 g/mol. The van der Waals surface area contributed by atoms with E-state index in [-0.39, 0.29) is 11.3 Å². The summed E-state index contributed by atoms with van der Waals surface area (Å²) in [5, 5.41) is 4.96. The number of rotatable bonds is 5. The largest absolute Gasteiger partial charge is 0.379 e. The van der Waals surface area contributed by atoms with Crippen molar-refractivity contribution in [2.75, 3.05) is 5.75 Å². The lowest BCUT2D eigenvalue weighted by Crippen LogP contribution is -2.29. The quantitative estimate of drug-likeness (QED) is 0.832. The number of thioether (sulfide) groups is 1. The van der Waals surface area contributed by atoms with Crippen LogP contribution < -0.4 is 5.73 Å². The van der Waals surface area contributed by atoms with Crippen molar-refractivity contribution in [1.82, 2.24) is 14.8 Å². The molecule has 3 heterocycles. The van der Waals surface area contributed by atoms with Crippen LogP contribution in [0.4, 0.5) is 0 Å². The van der Waals surface area contributed by atoms with Gasteiger partial charge < -0.3 is 5.73 Å². The van der Waals surface area contributed by atoms with E-state index >= 15 is 0 Å². The van der Waals surface area contributed by atoms with Crippen LogP contribution in [-0.2, 0) is 18.5 Å². The van der Waals surface area contributed by atoms with E-state index in [0.717, 1.165) is 29.0 Å². The summed E-state index contributed by atoms with van der Waals surface area (Å²) in [6.45, 7) is 6.62. The molecule has 0 aliphatic carbocycles. The lowest BCUT2D eigenvalue weighted by Gasteiger charge is -2.29. The number of carbonyl (C=O) groups is 1. The van der Waals surface area contributed by atoms with Crippen molar-refractivity contribution in [3.8, 4) is 0 Å². The van der Waals surface area contributed by atoms with Gasteiger partial charge in [0.05, 0.1) is 11.2 Å². The molecule has 7 heteroatoms. The maximum Gasteiger partial charge on any atom is 0.185 e. The van der Waals surface area contributed by atoms with E-state index in [9.17, 15) is 4.79 Å². The van der Waals surface area contributed by atoms with E-state index in [0.29, 0.717) is 23.8 Å². The van der Waals surface area contributed by atoms with Gasteiger partial charge in [-0.1, -0.05) is 11.8 Å². The number of aromatic nitrogens is 3. The molecule has 0 saturated carbocycles. The average Bonchev–Trinajstić information content (AvgIpc) is 2.96. The fourth-order valence-electron chi connectivity index (χ4n) is 3.06. The first-order valence-electron chi connectivity index (χ1n) is 8.41. The van der Waals surface area contributed by atoms with E-state index in [1.807, 2.05) is 32.2 Å². The van der Waals surface area contributed by atoms with Gasteiger partial charge in [0.25, 0.3) is 0 Å². The summed E-state index contributed by atoms with van der Waals surface area (Å²) < 4.78 is 1.75. The van der Waals surface area contributed by atoms with Crippen LogP contribution in [0.3, 0.4) is 0 Å². The number of nitrogens with two attached hydrogens (primary N) is 1. The first-order valence-corrected chi connectivity index (χ1v) is 9.40. The Hall–Kier alpha value is -2.15. The zero-order valence-corrected chi connectivity index (χ0v) is 15.6. The highest BCUT2D eigenvalue weighted by Gasteiger charge is 2.30. The molecule has 2 N–H and O–H groups in total. The van der Waals surface area contributed by atoms with Crippen molar-refractivity contribution >= 4 is 22.7 Å². The van der Waals surface area contributed by atoms with E-state index in [4.69, 9.17) is 5.73 Å². The fraction of sp³-hybridized carbons (Fsp3) is 0.444. The second kappa shape index (κ2) is 7.00. The molecule has 0 radical (unpaired) electrons. The van der Waals surface area contributed by atoms with Gasteiger partial charge in [-0.2, -0.15) is 5.10 Å². The maximum absolute atomic E-state index is 12.7. The van der Waals surface area contributed by atoms with Gasteiger partial charge in [0.1, 0.15) is 5.69 Å². The van der Waals surface area contributed by atoms with Crippen LogP contribution in [0.1, 0.15) is 47.6 Å². The number of nitrogens with zero attached hydrogens (tertiary/aromatic N) is 4. The Labute approximate surface area is 151 Å². The molecule has 0 spiro atoms. The SMILES string of the molecule is CCn1nc(C)cc1C(=O)Cc1cncc([C@]2(C)CCSC(N)=N2)c1. The molecule has 0 amide bonds. The molecule has 0 aromatic carbocycles. The van der Waals surface area contributed by atoms with E-state index in [2.05, 4.69) is 22.0 Å². The van der Waals surface area contributed by atoms with Crippen LogP contribution >= 0.6 is 11.8 Å². The molecule has 6 nitrogen and oxygen atoms in total. The van der Waals surface area contributed by atoms with Crippen molar-refractivity contribution < 1.29 is 4.79 Å². The van der Waals surface area contributed by atoms with E-state index < -0.39 is 0 Å². The summed E-state index contributed by atoms with van der Waals surface area (Å²) in [6.07, 6.45) is 4.77. The summed E-state index contributed by atoms with van der Waals surface area (Å²) in [6, 6.07) is 3.87. The molecule has 1 aliphatic rings. The molecular formula is C18H23N5OS. The van der Waals surface area contributed by atoms with Crippen LogP contribution in [0.2, 0.25) is 0 Å². The molecule has 1 atom stereocenters. The number of hydrogen-bond donors (Lipinski definition) is 1. The number of aliphatic imine (C=N–C) groups is 1. The van der Waals surface area contributed by atoms with Crippen LogP contribution in [0.25, 0.3) is 0 Å². The summed E-state index contributed by atoms with van der Waals surface area (Å²) >= 11 is 1.58. The van der Waals surface area contributed by atoms with Crippen LogP contribution in [0.5, 0.6) is 0 Å². The highest BCUT2D eigenvalue weighted by atomic mass is 32.2. The summed E-state index contributed by atoms with van der Waals surface area (Å²) in [5.74, 6) is 0.984. The van der Waals surface area contributed by atoms with E-state index in [1.165, 1.54) is 0 Å². The van der Waals surface area contributed by atoms with Gasteiger partial charge in [-0.15, -0.1) is 0 Å². The normalized spacial score (nSPS) is 20.4. The summed E-state index contributed by atoms with van der Waals surface area (Å²) in [5.41, 5.74) is 8.92. The number of hydrogen-bond acceptors (Lipinski definition) is 6. The standard InChI is InChI=1S/C18H23N5OS/c1-4-23-15(7-12(2)22-23)16(24)9-13-8-14(11-20-10-13)18(3)5-6-25-17(19)21-18/h7-8,10-11H,4-6,9H2,1-3H3,(H2,19,21)/t18-/m0/s1. The van der Waals surface area contributed by atoms with Gasteiger partial charge in [-0.25, -0.2) is 0 Å². The predicted molar refractivity (Wildman–Crippen MR) is 101 cm³/mol. The minimum absolute atomic E-state index is 0.0498. The Bertz CT molecular complexity index is 829. The molecule has 3 rings (SSSR count). The van der Waals surface area contributed by atoms with Gasteiger partial charge >= 0.3 is 0 Å². The Morgan fingerprint density at radius 2 is 2.20 bits per heavy atom. The van der Waals surface area contributed by atoms with Crippen LogP contribution in [-0.4, -0.2) is 31.5 Å². The second-order valence-corrected chi connectivity index (χ2v) is 7.61. The Balaban J connectivity index is 1.85. The number of aryl methyl sites for hydroxylation is 2. The minimum atomic E-state index is -0.372. The molecule has 132 valence electrons. The summed E-state index contributed by atoms with van der Waals surface area (Å²) in [7, 11) is 0. The van der Waals surface area contributed by atoms with Crippen LogP contribution in [0, 0.1) is 6.92 Å². The fourth-order valence-corrected chi connectivity index (χ4v) is 4.04.